The highest BCUT2D eigenvalue weighted by Gasteiger charge is 2.12. The number of carbonyl (C=O) groups excluding carboxylic acids is 1. The van der Waals surface area contributed by atoms with Gasteiger partial charge in [-0.15, -0.1) is 0 Å². The number of para-hydroxylation sites is 1. The summed E-state index contributed by atoms with van der Waals surface area (Å²) in [7, 11) is 1.62. The van der Waals surface area contributed by atoms with Crippen LogP contribution in [0.2, 0.25) is 0 Å². The van der Waals surface area contributed by atoms with Crippen molar-refractivity contribution in [2.45, 2.75) is 46.1 Å². The lowest BCUT2D eigenvalue weighted by Gasteiger charge is -2.13. The van der Waals surface area contributed by atoms with Crippen molar-refractivity contribution < 1.29 is 19.0 Å². The number of hydrogen-bond acceptors (Lipinski definition) is 4. The fourth-order valence-corrected chi connectivity index (χ4v) is 2.65. The molecule has 0 spiro atoms. The molecule has 0 atom stereocenters. The number of ether oxygens (including phenoxy) is 3. The Kier molecular flexibility index (Phi) is 9.19. The van der Waals surface area contributed by atoms with Gasteiger partial charge in [0, 0.05) is 6.54 Å². The van der Waals surface area contributed by atoms with Crippen LogP contribution in [0.5, 0.6) is 17.2 Å². The van der Waals surface area contributed by atoms with Crippen molar-refractivity contribution in [2.24, 2.45) is 0 Å². The van der Waals surface area contributed by atoms with Crippen LogP contribution < -0.4 is 19.5 Å². The normalized spacial score (nSPS) is 10.4. The summed E-state index contributed by atoms with van der Waals surface area (Å²) < 4.78 is 16.9. The van der Waals surface area contributed by atoms with Gasteiger partial charge in [-0.3, -0.25) is 4.79 Å². The third-order valence-electron chi connectivity index (χ3n) is 4.32. The molecule has 2 aromatic carbocycles. The fourth-order valence-electron chi connectivity index (χ4n) is 2.65. The molecule has 0 radical (unpaired) electrons. The maximum absolute atomic E-state index is 12.6. The van der Waals surface area contributed by atoms with Crippen molar-refractivity contribution in [2.75, 3.05) is 20.3 Å². The van der Waals surface area contributed by atoms with E-state index in [0.29, 0.717) is 36.8 Å². The molecule has 0 heterocycles. The molecule has 0 bridgehead atoms. The van der Waals surface area contributed by atoms with Crippen molar-refractivity contribution in [3.05, 3.63) is 53.6 Å². The molecule has 0 saturated carbocycles. The number of rotatable bonds is 12. The summed E-state index contributed by atoms with van der Waals surface area (Å²) in [5.41, 5.74) is 1.49. The van der Waals surface area contributed by atoms with Crippen molar-refractivity contribution in [1.29, 1.82) is 0 Å². The molecular formula is C23H31NO4. The monoisotopic (exact) mass is 385 g/mol. The number of carbonyl (C=O) groups is 1. The van der Waals surface area contributed by atoms with Gasteiger partial charge in [-0.25, -0.2) is 0 Å². The Morgan fingerprint density at radius 1 is 0.893 bits per heavy atom. The second-order valence-electron chi connectivity index (χ2n) is 6.57. The molecule has 0 aliphatic carbocycles. The van der Waals surface area contributed by atoms with Gasteiger partial charge >= 0.3 is 0 Å². The van der Waals surface area contributed by atoms with E-state index < -0.39 is 0 Å². The highest BCUT2D eigenvalue weighted by molar-refractivity contribution is 5.96. The number of hydrogen-bond donors (Lipinski definition) is 1. The largest absolute Gasteiger partial charge is 0.493 e. The number of methoxy groups -OCH3 is 1. The van der Waals surface area contributed by atoms with Gasteiger partial charge in [0.25, 0.3) is 5.91 Å². The molecule has 0 fully saturated rings. The first-order valence-corrected chi connectivity index (χ1v) is 9.99. The standard InChI is InChI=1S/C23H31NO4/c1-4-6-14-27-20-11-9-8-10-19(20)23(25)24-17-18-12-13-21(22(16-18)26-3)28-15-7-5-2/h8-13,16H,4-7,14-15,17H2,1-3H3,(H,24,25). The van der Waals surface area contributed by atoms with Gasteiger partial charge in [0.2, 0.25) is 0 Å². The van der Waals surface area contributed by atoms with E-state index in [-0.39, 0.29) is 5.91 Å². The van der Waals surface area contributed by atoms with E-state index >= 15 is 0 Å². The van der Waals surface area contributed by atoms with Crippen molar-refractivity contribution >= 4 is 5.91 Å². The second kappa shape index (κ2) is 11.9. The van der Waals surface area contributed by atoms with Gasteiger partial charge in [-0.05, 0) is 42.7 Å². The minimum Gasteiger partial charge on any atom is -0.493 e. The van der Waals surface area contributed by atoms with Crippen molar-refractivity contribution in [1.82, 2.24) is 5.32 Å². The van der Waals surface area contributed by atoms with E-state index in [1.807, 2.05) is 36.4 Å². The van der Waals surface area contributed by atoms with Gasteiger partial charge < -0.3 is 19.5 Å². The topological polar surface area (TPSA) is 56.8 Å². The van der Waals surface area contributed by atoms with E-state index in [0.717, 1.165) is 37.0 Å². The van der Waals surface area contributed by atoms with Crippen LogP contribution in [0.15, 0.2) is 42.5 Å². The molecule has 5 nitrogen and oxygen atoms in total. The Bertz CT molecular complexity index is 745. The zero-order valence-corrected chi connectivity index (χ0v) is 17.1. The summed E-state index contributed by atoms with van der Waals surface area (Å²) in [6.07, 6.45) is 4.09. The Balaban J connectivity index is 1.99. The quantitative estimate of drug-likeness (QED) is 0.523. The highest BCUT2D eigenvalue weighted by Crippen LogP contribution is 2.28. The first-order chi connectivity index (χ1) is 13.7. The molecule has 0 saturated heterocycles. The predicted molar refractivity (Wildman–Crippen MR) is 111 cm³/mol. The summed E-state index contributed by atoms with van der Waals surface area (Å²) >= 11 is 0. The number of nitrogens with one attached hydrogen (secondary N) is 1. The number of unbranched alkanes of at least 4 members (excludes halogenated alkanes) is 2. The molecule has 0 aliphatic rings. The Morgan fingerprint density at radius 2 is 1.57 bits per heavy atom. The van der Waals surface area contributed by atoms with Crippen molar-refractivity contribution in [3.8, 4) is 17.2 Å². The van der Waals surface area contributed by atoms with Gasteiger partial charge in [0.15, 0.2) is 11.5 Å². The molecule has 0 aromatic heterocycles. The van der Waals surface area contributed by atoms with E-state index in [4.69, 9.17) is 14.2 Å². The molecule has 2 rings (SSSR count). The minimum absolute atomic E-state index is 0.158. The maximum atomic E-state index is 12.6. The van der Waals surface area contributed by atoms with E-state index in [1.54, 1.807) is 13.2 Å². The number of benzene rings is 2. The van der Waals surface area contributed by atoms with E-state index in [1.165, 1.54) is 0 Å². The first kappa shape index (κ1) is 21.6. The summed E-state index contributed by atoms with van der Waals surface area (Å²) in [6, 6.07) is 13.0. The molecule has 0 aliphatic heterocycles. The predicted octanol–water partition coefficient (Wildman–Crippen LogP) is 4.98. The fraction of sp³-hybridized carbons (Fsp3) is 0.435. The van der Waals surface area contributed by atoms with Crippen LogP contribution in [0.3, 0.4) is 0 Å². The van der Waals surface area contributed by atoms with Crippen LogP contribution >= 0.6 is 0 Å². The third-order valence-corrected chi connectivity index (χ3v) is 4.32. The minimum atomic E-state index is -0.158. The first-order valence-electron chi connectivity index (χ1n) is 9.99. The molecule has 1 amide bonds. The smallest absolute Gasteiger partial charge is 0.255 e. The molecule has 2 aromatic rings. The van der Waals surface area contributed by atoms with E-state index in [2.05, 4.69) is 19.2 Å². The van der Waals surface area contributed by atoms with E-state index in [9.17, 15) is 4.79 Å². The molecule has 1 N–H and O–H groups in total. The van der Waals surface area contributed by atoms with Crippen LogP contribution in [-0.2, 0) is 6.54 Å². The van der Waals surface area contributed by atoms with Gasteiger partial charge in [0.05, 0.1) is 25.9 Å². The summed E-state index contributed by atoms with van der Waals surface area (Å²) in [5, 5.41) is 2.95. The Labute approximate surface area is 168 Å². The average Bonchev–Trinajstić information content (AvgIpc) is 2.73. The van der Waals surface area contributed by atoms with Crippen LogP contribution in [0.25, 0.3) is 0 Å². The lowest BCUT2D eigenvalue weighted by Crippen LogP contribution is -2.23. The Hall–Kier alpha value is -2.69. The average molecular weight is 386 g/mol. The molecular weight excluding hydrogens is 354 g/mol. The van der Waals surface area contributed by atoms with Crippen LogP contribution in [0.1, 0.15) is 55.5 Å². The third kappa shape index (κ3) is 6.48. The summed E-state index contributed by atoms with van der Waals surface area (Å²) in [5.74, 6) is 1.85. The van der Waals surface area contributed by atoms with Crippen molar-refractivity contribution in [3.63, 3.8) is 0 Å². The second-order valence-corrected chi connectivity index (χ2v) is 6.57. The lowest BCUT2D eigenvalue weighted by molar-refractivity contribution is 0.0946. The highest BCUT2D eigenvalue weighted by atomic mass is 16.5. The summed E-state index contributed by atoms with van der Waals surface area (Å²) in [4.78, 5) is 12.6. The molecule has 152 valence electrons. The molecule has 0 unspecified atom stereocenters. The summed E-state index contributed by atoms with van der Waals surface area (Å²) in [6.45, 7) is 5.90. The Morgan fingerprint density at radius 3 is 2.25 bits per heavy atom. The zero-order chi connectivity index (χ0) is 20.2. The van der Waals surface area contributed by atoms with Gasteiger partial charge in [-0.1, -0.05) is 44.9 Å². The zero-order valence-electron chi connectivity index (χ0n) is 17.1. The number of amides is 1. The SMILES string of the molecule is CCCCOc1ccc(CNC(=O)c2ccccc2OCCCC)cc1OC. The lowest BCUT2D eigenvalue weighted by atomic mass is 10.1. The van der Waals surface area contributed by atoms with Gasteiger partial charge in [-0.2, -0.15) is 0 Å². The molecule has 28 heavy (non-hydrogen) atoms. The molecule has 5 heteroatoms. The van der Waals surface area contributed by atoms with Crippen LogP contribution in [0, 0.1) is 0 Å². The maximum Gasteiger partial charge on any atom is 0.255 e. The van der Waals surface area contributed by atoms with Crippen LogP contribution in [0.4, 0.5) is 0 Å². The van der Waals surface area contributed by atoms with Crippen LogP contribution in [-0.4, -0.2) is 26.2 Å². The van der Waals surface area contributed by atoms with Gasteiger partial charge in [0.1, 0.15) is 5.75 Å².